The zero-order chi connectivity index (χ0) is 48.0. The number of likely N-dealkylation sites (N-methyl/N-ethyl adjacent to an activating group) is 2. The summed E-state index contributed by atoms with van der Waals surface area (Å²) in [4.78, 5) is 83.6. The van der Waals surface area contributed by atoms with Crippen LogP contribution in [0, 0.1) is 17.3 Å². The van der Waals surface area contributed by atoms with E-state index >= 15 is 0 Å². The van der Waals surface area contributed by atoms with Gasteiger partial charge in [-0.15, -0.1) is 11.3 Å². The Morgan fingerprint density at radius 2 is 1.85 bits per heavy atom. The van der Waals surface area contributed by atoms with Crippen LogP contribution in [0.25, 0.3) is 33.4 Å². The van der Waals surface area contributed by atoms with Gasteiger partial charge in [0.05, 0.1) is 41.3 Å². The molecule has 9 rings (SSSR count). The molecule has 3 N–H and O–H groups in total. The maximum atomic E-state index is 14.8. The molecule has 6 bridgehead atoms. The first-order valence-corrected chi connectivity index (χ1v) is 25.4. The van der Waals surface area contributed by atoms with Crippen molar-refractivity contribution >= 4 is 51.8 Å². The predicted octanol–water partition coefficient (Wildman–Crippen LogP) is 5.43. The number of fused-ring (bicyclic) bond motifs is 6. The number of amides is 4. The van der Waals surface area contributed by atoms with Crippen LogP contribution in [0.15, 0.2) is 41.9 Å². The van der Waals surface area contributed by atoms with Crippen molar-refractivity contribution < 1.29 is 33.4 Å². The van der Waals surface area contributed by atoms with Crippen molar-refractivity contribution in [2.75, 3.05) is 40.9 Å². The van der Waals surface area contributed by atoms with E-state index < -0.39 is 41.3 Å². The average molecular weight is 950 g/mol. The Bertz CT molecular complexity index is 2560. The molecule has 4 amide bonds. The van der Waals surface area contributed by atoms with Gasteiger partial charge in [-0.25, -0.2) is 10.4 Å². The quantitative estimate of drug-likeness (QED) is 0.121. The van der Waals surface area contributed by atoms with Crippen LogP contribution < -0.4 is 16.1 Å². The standard InChI is InChI=1S/C51H67N9O7S/c1-8-59-39-20-19-32-23-34(39)35(46(59)33-15-11-21-52-42(33)29(2)66-7)25-51(3,4)28-67-50(65)36-16-12-22-60(56-36)48(63)37(24-40-53-38(32)27-68-40)54-47(62)45(31-13-9-10-14-31)58(6)41(61)26-57(5)49(64)44-43(55-44)30-17-18-30/h11,15,19-21,23,27,29-31,36-37,43-45,55-56H,8-10,12-14,16-18,22,24-26,28H2,1-7H3,(H,54,62)/t29-,36-,37-,43+,44+,45?/m0/s1. The Balaban J connectivity index is 1.05. The summed E-state index contributed by atoms with van der Waals surface area (Å²) in [5.41, 5.74) is 9.33. The van der Waals surface area contributed by atoms with Crippen LogP contribution in [0.2, 0.25) is 0 Å². The molecule has 1 aromatic carbocycles. The number of carbonyl (C=O) groups excluding carboxylic acids is 5. The van der Waals surface area contributed by atoms with Gasteiger partial charge in [0.2, 0.25) is 17.7 Å². The van der Waals surface area contributed by atoms with Crippen LogP contribution in [0.5, 0.6) is 0 Å². The number of aromatic nitrogens is 3. The van der Waals surface area contributed by atoms with Gasteiger partial charge in [-0.1, -0.05) is 32.8 Å². The molecule has 364 valence electrons. The molecule has 17 heteroatoms. The van der Waals surface area contributed by atoms with Crippen molar-refractivity contribution in [3.05, 3.63) is 58.2 Å². The number of thiazole rings is 1. The molecule has 2 aliphatic carbocycles. The number of hydrogen-bond donors (Lipinski definition) is 3. The summed E-state index contributed by atoms with van der Waals surface area (Å²) in [5, 5.41) is 11.5. The molecule has 3 aliphatic heterocycles. The zero-order valence-corrected chi connectivity index (χ0v) is 41.3. The summed E-state index contributed by atoms with van der Waals surface area (Å²) in [6.07, 6.45) is 8.83. The third-order valence-electron chi connectivity index (χ3n) is 14.8. The van der Waals surface area contributed by atoms with E-state index in [9.17, 15) is 24.0 Å². The van der Waals surface area contributed by atoms with Crippen molar-refractivity contribution in [2.45, 2.75) is 135 Å². The highest BCUT2D eigenvalue weighted by Crippen LogP contribution is 2.43. The zero-order valence-electron chi connectivity index (χ0n) is 40.5. The number of methoxy groups -OCH3 is 1. The van der Waals surface area contributed by atoms with Gasteiger partial charge >= 0.3 is 5.97 Å². The van der Waals surface area contributed by atoms with E-state index in [1.54, 1.807) is 27.4 Å². The summed E-state index contributed by atoms with van der Waals surface area (Å²) in [6, 6.07) is 7.65. The van der Waals surface area contributed by atoms with E-state index in [4.69, 9.17) is 19.4 Å². The van der Waals surface area contributed by atoms with Crippen LogP contribution in [0.4, 0.5) is 0 Å². The molecular formula is C51H67N9O7S. The van der Waals surface area contributed by atoms with Crippen molar-refractivity contribution in [1.82, 2.24) is 45.4 Å². The number of hydrazine groups is 1. The number of nitrogens with zero attached hydrogens (tertiary/aromatic N) is 6. The number of pyridine rings is 1. The second-order valence-corrected chi connectivity index (χ2v) is 21.4. The van der Waals surface area contributed by atoms with Crippen molar-refractivity contribution in [3.63, 3.8) is 0 Å². The van der Waals surface area contributed by atoms with E-state index in [0.717, 1.165) is 83.2 Å². The van der Waals surface area contributed by atoms with E-state index in [1.807, 2.05) is 18.4 Å². The average Bonchev–Trinajstić information content (AvgIpc) is 4.20. The minimum atomic E-state index is -1.07. The molecular weight excluding hydrogens is 883 g/mol. The molecule has 4 fully saturated rings. The van der Waals surface area contributed by atoms with Crippen LogP contribution in [0.1, 0.15) is 101 Å². The highest BCUT2D eigenvalue weighted by atomic mass is 32.1. The third-order valence-corrected chi connectivity index (χ3v) is 15.7. The van der Waals surface area contributed by atoms with Gasteiger partial charge in [-0.05, 0) is 100 Å². The minimum Gasteiger partial charge on any atom is -0.464 e. The first-order chi connectivity index (χ1) is 32.7. The van der Waals surface area contributed by atoms with Crippen LogP contribution in [-0.4, -0.2) is 130 Å². The van der Waals surface area contributed by atoms with Gasteiger partial charge < -0.3 is 29.2 Å². The first-order valence-electron chi connectivity index (χ1n) is 24.6. The van der Waals surface area contributed by atoms with Gasteiger partial charge in [0.1, 0.15) is 24.2 Å². The van der Waals surface area contributed by atoms with E-state index in [1.165, 1.54) is 26.1 Å². The summed E-state index contributed by atoms with van der Waals surface area (Å²) in [7, 11) is 4.95. The first kappa shape index (κ1) is 47.8. The molecule has 6 atom stereocenters. The van der Waals surface area contributed by atoms with Crippen molar-refractivity contribution in [3.8, 4) is 22.5 Å². The smallest absolute Gasteiger partial charge is 0.324 e. The summed E-state index contributed by atoms with van der Waals surface area (Å²) in [5.74, 6) is -1.33. The van der Waals surface area contributed by atoms with Crippen LogP contribution in [-0.2, 0) is 52.8 Å². The minimum absolute atomic E-state index is 0.0882. The van der Waals surface area contributed by atoms with Gasteiger partial charge in [0.15, 0.2) is 0 Å². The van der Waals surface area contributed by atoms with Crippen LogP contribution >= 0.6 is 11.3 Å². The second-order valence-electron chi connectivity index (χ2n) is 20.5. The number of carbonyl (C=O) groups is 5. The van der Waals surface area contributed by atoms with E-state index in [-0.39, 0.29) is 55.5 Å². The number of benzene rings is 1. The Labute approximate surface area is 402 Å². The fourth-order valence-corrected chi connectivity index (χ4v) is 11.7. The number of rotatable bonds is 12. The highest BCUT2D eigenvalue weighted by Gasteiger charge is 2.52. The third kappa shape index (κ3) is 9.81. The molecule has 16 nitrogen and oxygen atoms in total. The molecule has 0 spiro atoms. The molecule has 5 aliphatic rings. The van der Waals surface area contributed by atoms with Gasteiger partial charge in [0, 0.05) is 85.8 Å². The lowest BCUT2D eigenvalue weighted by Crippen LogP contribution is -2.62. The number of hydrogen-bond acceptors (Lipinski definition) is 12. The Kier molecular flexibility index (Phi) is 13.8. The Morgan fingerprint density at radius 1 is 1.07 bits per heavy atom. The topological polar surface area (TPSA) is 190 Å². The lowest BCUT2D eigenvalue weighted by atomic mass is 9.84. The summed E-state index contributed by atoms with van der Waals surface area (Å²) >= 11 is 1.42. The molecule has 2 saturated carbocycles. The number of cyclic esters (lactones) is 1. The number of ether oxygens (including phenoxy) is 2. The largest absolute Gasteiger partial charge is 0.464 e. The molecule has 4 aromatic rings. The highest BCUT2D eigenvalue weighted by molar-refractivity contribution is 7.10. The fourth-order valence-electron chi connectivity index (χ4n) is 10.8. The maximum Gasteiger partial charge on any atom is 0.324 e. The van der Waals surface area contributed by atoms with E-state index in [2.05, 4.69) is 65.7 Å². The maximum absolute atomic E-state index is 14.8. The van der Waals surface area contributed by atoms with Gasteiger partial charge in [0.25, 0.3) is 5.91 Å². The molecule has 3 aromatic heterocycles. The second kappa shape index (κ2) is 19.6. The number of aryl methyl sites for hydroxylation is 1. The van der Waals surface area contributed by atoms with Gasteiger partial charge in [-0.2, -0.15) is 0 Å². The summed E-state index contributed by atoms with van der Waals surface area (Å²) in [6.45, 7) is 9.34. The Morgan fingerprint density at radius 3 is 2.59 bits per heavy atom. The molecule has 68 heavy (non-hydrogen) atoms. The van der Waals surface area contributed by atoms with Crippen molar-refractivity contribution in [1.29, 1.82) is 0 Å². The van der Waals surface area contributed by atoms with Crippen LogP contribution in [0.3, 0.4) is 0 Å². The monoisotopic (exact) mass is 949 g/mol. The number of esters is 1. The summed E-state index contributed by atoms with van der Waals surface area (Å²) < 4.78 is 14.3. The predicted molar refractivity (Wildman–Crippen MR) is 259 cm³/mol. The lowest BCUT2D eigenvalue weighted by molar-refractivity contribution is -0.155. The SMILES string of the molecule is CCn1c(-c2cccnc2[C@H](C)OC)c2c3cc(ccc31)-c1csc(n1)C[C@H](NC(=O)C(C1CCCC1)N(C)C(=O)CN(C)C(=O)[C@@H]1N[C@@H]1C1CC1)C(=O)N1CCC[C@H](N1)C(=O)OCC(C)(C)C2. The van der Waals surface area contributed by atoms with E-state index in [0.29, 0.717) is 43.3 Å². The molecule has 0 radical (unpaired) electrons. The van der Waals surface area contributed by atoms with Gasteiger partial charge in [-0.3, -0.25) is 39.3 Å². The molecule has 2 saturated heterocycles. The molecule has 6 heterocycles. The lowest BCUT2D eigenvalue weighted by Gasteiger charge is -2.37. The van der Waals surface area contributed by atoms with Crippen molar-refractivity contribution in [2.24, 2.45) is 17.3 Å². The Hall–Kier alpha value is -5.23. The molecule has 1 unspecified atom stereocenters. The number of nitrogens with one attached hydrogen (secondary N) is 3. The fraction of sp³-hybridized carbons (Fsp3) is 0.588. The normalized spacial score (nSPS) is 24.0.